The predicted octanol–water partition coefficient (Wildman–Crippen LogP) is 2.14. The average molecular weight is 208 g/mol. The Morgan fingerprint density at radius 2 is 2.27 bits per heavy atom. The lowest BCUT2D eigenvalue weighted by molar-refractivity contribution is 0.242. The van der Waals surface area contributed by atoms with Crippen molar-refractivity contribution < 1.29 is 14.6 Å². The second-order valence-electron chi connectivity index (χ2n) is 3.19. The Labute approximate surface area is 90.0 Å². The maximum absolute atomic E-state index is 9.12. The van der Waals surface area contributed by atoms with Crippen LogP contribution in [0.2, 0.25) is 0 Å². The highest BCUT2D eigenvalue weighted by atomic mass is 16.5. The molecule has 0 saturated heterocycles. The summed E-state index contributed by atoms with van der Waals surface area (Å²) in [6.07, 6.45) is 1.60. The summed E-state index contributed by atoms with van der Waals surface area (Å²) in [5.74, 6) is 1.34. The first kappa shape index (κ1) is 11.6. The SMILES string of the molecule is C=CC(C)Oc1cc(OC)ccc1CO. The van der Waals surface area contributed by atoms with Crippen molar-refractivity contribution in [2.45, 2.75) is 19.6 Å². The summed E-state index contributed by atoms with van der Waals surface area (Å²) in [7, 11) is 1.59. The number of hydrogen-bond donors (Lipinski definition) is 1. The van der Waals surface area contributed by atoms with Crippen LogP contribution in [0.25, 0.3) is 0 Å². The Morgan fingerprint density at radius 3 is 2.80 bits per heavy atom. The van der Waals surface area contributed by atoms with Crippen LogP contribution in [0.5, 0.6) is 11.5 Å². The summed E-state index contributed by atoms with van der Waals surface area (Å²) in [5.41, 5.74) is 0.740. The van der Waals surface area contributed by atoms with Gasteiger partial charge in [-0.05, 0) is 19.1 Å². The molecular weight excluding hydrogens is 192 g/mol. The Balaban J connectivity index is 2.95. The van der Waals surface area contributed by atoms with Gasteiger partial charge in [-0.15, -0.1) is 0 Å². The fourth-order valence-corrected chi connectivity index (χ4v) is 1.15. The van der Waals surface area contributed by atoms with Crippen LogP contribution in [-0.4, -0.2) is 18.3 Å². The van der Waals surface area contributed by atoms with Crippen molar-refractivity contribution in [2.24, 2.45) is 0 Å². The molecule has 0 fully saturated rings. The van der Waals surface area contributed by atoms with E-state index in [0.717, 1.165) is 5.56 Å². The minimum absolute atomic E-state index is 0.0524. The number of aliphatic hydroxyl groups is 1. The zero-order valence-corrected chi connectivity index (χ0v) is 9.06. The summed E-state index contributed by atoms with van der Waals surface area (Å²) in [6.45, 7) is 5.47. The molecule has 0 aliphatic heterocycles. The third-order valence-electron chi connectivity index (χ3n) is 2.09. The number of benzene rings is 1. The van der Waals surface area contributed by atoms with Crippen LogP contribution in [0.15, 0.2) is 30.9 Å². The monoisotopic (exact) mass is 208 g/mol. The third kappa shape index (κ3) is 2.99. The maximum atomic E-state index is 9.12. The molecule has 15 heavy (non-hydrogen) atoms. The molecule has 0 aliphatic carbocycles. The first-order chi connectivity index (χ1) is 7.21. The minimum atomic E-state index is -0.0950. The molecule has 0 radical (unpaired) electrons. The van der Waals surface area contributed by atoms with Crippen LogP contribution in [0.3, 0.4) is 0 Å². The van der Waals surface area contributed by atoms with E-state index in [4.69, 9.17) is 14.6 Å². The van der Waals surface area contributed by atoms with Gasteiger partial charge in [0.1, 0.15) is 17.6 Å². The van der Waals surface area contributed by atoms with E-state index in [1.807, 2.05) is 6.92 Å². The van der Waals surface area contributed by atoms with Crippen LogP contribution in [0.1, 0.15) is 12.5 Å². The van der Waals surface area contributed by atoms with Crippen molar-refractivity contribution in [2.75, 3.05) is 7.11 Å². The summed E-state index contributed by atoms with van der Waals surface area (Å²) in [5, 5.41) is 9.12. The summed E-state index contributed by atoms with van der Waals surface area (Å²) in [4.78, 5) is 0. The number of methoxy groups -OCH3 is 1. The van der Waals surface area contributed by atoms with E-state index in [9.17, 15) is 0 Å². The van der Waals surface area contributed by atoms with Crippen molar-refractivity contribution in [1.82, 2.24) is 0 Å². The van der Waals surface area contributed by atoms with E-state index in [1.165, 1.54) is 0 Å². The van der Waals surface area contributed by atoms with Crippen molar-refractivity contribution in [1.29, 1.82) is 0 Å². The molecule has 0 aromatic heterocycles. The van der Waals surface area contributed by atoms with Gasteiger partial charge in [-0.2, -0.15) is 0 Å². The van der Waals surface area contributed by atoms with Gasteiger partial charge in [0.25, 0.3) is 0 Å². The maximum Gasteiger partial charge on any atom is 0.129 e. The molecule has 0 heterocycles. The smallest absolute Gasteiger partial charge is 0.129 e. The first-order valence-corrected chi connectivity index (χ1v) is 4.78. The van der Waals surface area contributed by atoms with Gasteiger partial charge < -0.3 is 14.6 Å². The number of ether oxygens (including phenoxy) is 2. The lowest BCUT2D eigenvalue weighted by atomic mass is 10.2. The highest BCUT2D eigenvalue weighted by molar-refractivity contribution is 5.40. The third-order valence-corrected chi connectivity index (χ3v) is 2.09. The summed E-state index contributed by atoms with van der Waals surface area (Å²) >= 11 is 0. The fourth-order valence-electron chi connectivity index (χ4n) is 1.15. The molecule has 1 aromatic carbocycles. The molecule has 1 unspecified atom stereocenters. The van der Waals surface area contributed by atoms with E-state index in [2.05, 4.69) is 6.58 Å². The number of rotatable bonds is 5. The van der Waals surface area contributed by atoms with Gasteiger partial charge >= 0.3 is 0 Å². The fraction of sp³-hybridized carbons (Fsp3) is 0.333. The highest BCUT2D eigenvalue weighted by Gasteiger charge is 2.07. The summed E-state index contributed by atoms with van der Waals surface area (Å²) < 4.78 is 10.7. The van der Waals surface area contributed by atoms with Crippen molar-refractivity contribution in [3.05, 3.63) is 36.4 Å². The highest BCUT2D eigenvalue weighted by Crippen LogP contribution is 2.25. The molecule has 0 aliphatic rings. The van der Waals surface area contributed by atoms with Gasteiger partial charge in [-0.25, -0.2) is 0 Å². The second-order valence-corrected chi connectivity index (χ2v) is 3.19. The zero-order chi connectivity index (χ0) is 11.3. The molecule has 0 saturated carbocycles. The number of aliphatic hydroxyl groups excluding tert-OH is 1. The number of hydrogen-bond acceptors (Lipinski definition) is 3. The van der Waals surface area contributed by atoms with Crippen LogP contribution >= 0.6 is 0 Å². The van der Waals surface area contributed by atoms with Gasteiger partial charge in [0.05, 0.1) is 13.7 Å². The molecule has 3 nitrogen and oxygen atoms in total. The average Bonchev–Trinajstić information content (AvgIpc) is 2.28. The Morgan fingerprint density at radius 1 is 1.53 bits per heavy atom. The van der Waals surface area contributed by atoms with E-state index in [-0.39, 0.29) is 12.7 Å². The topological polar surface area (TPSA) is 38.7 Å². The molecule has 82 valence electrons. The second kappa shape index (κ2) is 5.41. The van der Waals surface area contributed by atoms with E-state index < -0.39 is 0 Å². The normalized spacial score (nSPS) is 11.9. The van der Waals surface area contributed by atoms with Gasteiger partial charge in [-0.3, -0.25) is 0 Å². The molecule has 0 amide bonds. The van der Waals surface area contributed by atoms with Crippen LogP contribution in [0, 0.1) is 0 Å². The molecule has 0 spiro atoms. The lowest BCUT2D eigenvalue weighted by Crippen LogP contribution is -2.09. The molecule has 1 atom stereocenters. The molecule has 1 N–H and O–H groups in total. The van der Waals surface area contributed by atoms with E-state index in [1.54, 1.807) is 31.4 Å². The lowest BCUT2D eigenvalue weighted by Gasteiger charge is -2.14. The molecule has 1 aromatic rings. The quantitative estimate of drug-likeness (QED) is 0.753. The van der Waals surface area contributed by atoms with Crippen LogP contribution in [-0.2, 0) is 6.61 Å². The van der Waals surface area contributed by atoms with Crippen LogP contribution < -0.4 is 9.47 Å². The van der Waals surface area contributed by atoms with Gasteiger partial charge in [0, 0.05) is 11.6 Å². The molecule has 3 heteroatoms. The standard InChI is InChI=1S/C12H16O3/c1-4-9(2)15-12-7-11(14-3)6-5-10(12)8-13/h4-7,9,13H,1,8H2,2-3H3. The zero-order valence-electron chi connectivity index (χ0n) is 9.06. The first-order valence-electron chi connectivity index (χ1n) is 4.78. The Bertz CT molecular complexity index is 334. The Kier molecular flexibility index (Phi) is 4.18. The molecular formula is C12H16O3. The van der Waals surface area contributed by atoms with Gasteiger partial charge in [-0.1, -0.05) is 12.7 Å². The molecule has 0 bridgehead atoms. The van der Waals surface area contributed by atoms with Crippen molar-refractivity contribution in [3.8, 4) is 11.5 Å². The van der Waals surface area contributed by atoms with Crippen molar-refractivity contribution in [3.63, 3.8) is 0 Å². The van der Waals surface area contributed by atoms with E-state index in [0.29, 0.717) is 11.5 Å². The van der Waals surface area contributed by atoms with Crippen molar-refractivity contribution >= 4 is 0 Å². The predicted molar refractivity (Wildman–Crippen MR) is 59.2 cm³/mol. The van der Waals surface area contributed by atoms with Gasteiger partial charge in [0.15, 0.2) is 0 Å². The van der Waals surface area contributed by atoms with E-state index >= 15 is 0 Å². The van der Waals surface area contributed by atoms with Crippen LogP contribution in [0.4, 0.5) is 0 Å². The largest absolute Gasteiger partial charge is 0.497 e. The van der Waals surface area contributed by atoms with Gasteiger partial charge in [0.2, 0.25) is 0 Å². The summed E-state index contributed by atoms with van der Waals surface area (Å²) in [6, 6.07) is 5.33. The Hall–Kier alpha value is -1.48. The minimum Gasteiger partial charge on any atom is -0.497 e. The molecule has 1 rings (SSSR count).